The van der Waals surface area contributed by atoms with E-state index in [2.05, 4.69) is 13.2 Å². The fraction of sp³-hybridized carbons (Fsp3) is 0.350. The lowest BCUT2D eigenvalue weighted by molar-refractivity contribution is -0.130. The lowest BCUT2D eigenvalue weighted by Gasteiger charge is -2.18. The van der Waals surface area contributed by atoms with E-state index in [-0.39, 0.29) is 41.4 Å². The van der Waals surface area contributed by atoms with Gasteiger partial charge >= 0.3 is 11.9 Å². The summed E-state index contributed by atoms with van der Waals surface area (Å²) in [5.74, 6) is -1.90. The first kappa shape index (κ1) is 22.3. The Balaban J connectivity index is 3.29. The van der Waals surface area contributed by atoms with Crippen LogP contribution in [-0.2, 0) is 19.1 Å². The van der Waals surface area contributed by atoms with Crippen molar-refractivity contribution in [2.75, 3.05) is 13.2 Å². The highest BCUT2D eigenvalue weighted by Crippen LogP contribution is 2.28. The van der Waals surface area contributed by atoms with E-state index >= 15 is 0 Å². The second-order valence-electron chi connectivity index (χ2n) is 5.60. The molecule has 27 heavy (non-hydrogen) atoms. The van der Waals surface area contributed by atoms with Crippen molar-refractivity contribution < 1.29 is 33.3 Å². The standard InChI is InChI=1S/C20H24O7/c1-7-24-20(25-8-2)17(21)15-10-9-14(26-18(22)12(3)4)11-16(15)27-19(23)13(5)6/h9-11,20H,3,5,7-8H2,1-2,4,6H3. The summed E-state index contributed by atoms with van der Waals surface area (Å²) in [5.41, 5.74) is 0.388. The van der Waals surface area contributed by atoms with E-state index in [1.54, 1.807) is 13.8 Å². The van der Waals surface area contributed by atoms with E-state index in [9.17, 15) is 14.4 Å². The van der Waals surface area contributed by atoms with Crippen LogP contribution < -0.4 is 9.47 Å². The lowest BCUT2D eigenvalue weighted by atomic mass is 10.1. The first-order valence-corrected chi connectivity index (χ1v) is 8.38. The van der Waals surface area contributed by atoms with Gasteiger partial charge in [0, 0.05) is 30.4 Å². The van der Waals surface area contributed by atoms with E-state index in [1.807, 2.05) is 0 Å². The molecule has 0 unspecified atom stereocenters. The number of carbonyl (C=O) groups excluding carboxylic acids is 3. The summed E-state index contributed by atoms with van der Waals surface area (Å²) in [5, 5.41) is 0. The number of hydrogen-bond donors (Lipinski definition) is 0. The lowest BCUT2D eigenvalue weighted by Crippen LogP contribution is -2.28. The molecule has 7 nitrogen and oxygen atoms in total. The van der Waals surface area contributed by atoms with E-state index in [1.165, 1.54) is 32.0 Å². The van der Waals surface area contributed by atoms with Crippen LogP contribution in [0.3, 0.4) is 0 Å². The number of rotatable bonds is 10. The van der Waals surface area contributed by atoms with Crippen LogP contribution in [-0.4, -0.2) is 37.2 Å². The Bertz CT molecular complexity index is 743. The van der Waals surface area contributed by atoms with Crippen LogP contribution in [0.2, 0.25) is 0 Å². The molecule has 1 aromatic rings. The molecule has 1 rings (SSSR count). The van der Waals surface area contributed by atoms with Gasteiger partial charge in [0.15, 0.2) is 0 Å². The number of benzene rings is 1. The zero-order valence-electron chi connectivity index (χ0n) is 16.0. The minimum absolute atomic E-state index is 0.0478. The van der Waals surface area contributed by atoms with Crippen molar-refractivity contribution in [3.63, 3.8) is 0 Å². The summed E-state index contributed by atoms with van der Waals surface area (Å²) in [6, 6.07) is 4.04. The van der Waals surface area contributed by atoms with Crippen molar-refractivity contribution in [3.05, 3.63) is 48.1 Å². The highest BCUT2D eigenvalue weighted by Gasteiger charge is 2.26. The maximum absolute atomic E-state index is 12.8. The van der Waals surface area contributed by atoms with Crippen LogP contribution in [0.1, 0.15) is 38.1 Å². The normalized spacial score (nSPS) is 10.4. The Kier molecular flexibility index (Phi) is 8.58. The van der Waals surface area contributed by atoms with Crippen molar-refractivity contribution in [2.24, 2.45) is 0 Å². The summed E-state index contributed by atoms with van der Waals surface area (Å²) in [6.07, 6.45) is -1.15. The van der Waals surface area contributed by atoms with Gasteiger partial charge in [0.2, 0.25) is 12.1 Å². The highest BCUT2D eigenvalue weighted by molar-refractivity contribution is 6.02. The molecule has 0 atom stereocenters. The molecule has 0 saturated carbocycles. The summed E-state index contributed by atoms with van der Waals surface area (Å²) >= 11 is 0. The Labute approximate surface area is 158 Å². The number of esters is 2. The van der Waals surface area contributed by atoms with Crippen molar-refractivity contribution in [2.45, 2.75) is 34.0 Å². The number of Topliss-reactive ketones (excluding diaryl/α,β-unsaturated/α-hetero) is 1. The first-order chi connectivity index (χ1) is 12.7. The van der Waals surface area contributed by atoms with Crippen LogP contribution in [0.15, 0.2) is 42.5 Å². The van der Waals surface area contributed by atoms with Crippen LogP contribution in [0.25, 0.3) is 0 Å². The Hall–Kier alpha value is -2.77. The van der Waals surface area contributed by atoms with Crippen molar-refractivity contribution >= 4 is 17.7 Å². The molecule has 1 aromatic carbocycles. The summed E-state index contributed by atoms with van der Waals surface area (Å²) in [4.78, 5) is 36.4. The fourth-order valence-corrected chi connectivity index (χ4v) is 1.86. The molecule has 0 fully saturated rings. The summed E-state index contributed by atoms with van der Waals surface area (Å²) in [6.45, 7) is 13.9. The Morgan fingerprint density at radius 1 is 0.926 bits per heavy atom. The minimum Gasteiger partial charge on any atom is -0.423 e. The third-order valence-electron chi connectivity index (χ3n) is 3.18. The zero-order valence-corrected chi connectivity index (χ0v) is 16.0. The molecule has 0 saturated heterocycles. The molecule has 0 spiro atoms. The molecule has 0 aliphatic rings. The fourth-order valence-electron chi connectivity index (χ4n) is 1.86. The predicted molar refractivity (Wildman–Crippen MR) is 98.7 cm³/mol. The average molecular weight is 376 g/mol. The van der Waals surface area contributed by atoms with E-state index in [4.69, 9.17) is 18.9 Å². The maximum Gasteiger partial charge on any atom is 0.338 e. The second kappa shape index (κ2) is 10.4. The largest absolute Gasteiger partial charge is 0.423 e. The monoisotopic (exact) mass is 376 g/mol. The van der Waals surface area contributed by atoms with Crippen LogP contribution in [0, 0.1) is 0 Å². The molecule has 146 valence electrons. The number of carbonyl (C=O) groups is 3. The molecule has 0 radical (unpaired) electrons. The van der Waals surface area contributed by atoms with E-state index in [0.29, 0.717) is 0 Å². The van der Waals surface area contributed by atoms with Gasteiger partial charge in [-0.15, -0.1) is 0 Å². The molecule has 0 N–H and O–H groups in total. The van der Waals surface area contributed by atoms with E-state index < -0.39 is 24.0 Å². The molecule has 0 aliphatic carbocycles. The van der Waals surface area contributed by atoms with Gasteiger partial charge in [-0.05, 0) is 39.8 Å². The van der Waals surface area contributed by atoms with Crippen molar-refractivity contribution in [1.29, 1.82) is 0 Å². The molecule has 0 heterocycles. The third kappa shape index (κ3) is 6.47. The van der Waals surface area contributed by atoms with Crippen LogP contribution in [0.4, 0.5) is 0 Å². The zero-order chi connectivity index (χ0) is 20.6. The number of ether oxygens (including phenoxy) is 4. The van der Waals surface area contributed by atoms with Gasteiger partial charge < -0.3 is 18.9 Å². The molecule has 0 bridgehead atoms. The quantitative estimate of drug-likeness (QED) is 0.204. The molecular weight excluding hydrogens is 352 g/mol. The topological polar surface area (TPSA) is 88.1 Å². The van der Waals surface area contributed by atoms with E-state index in [0.717, 1.165) is 0 Å². The maximum atomic E-state index is 12.8. The molecule has 0 aliphatic heterocycles. The van der Waals surface area contributed by atoms with Gasteiger partial charge in [-0.1, -0.05) is 13.2 Å². The molecule has 0 aromatic heterocycles. The second-order valence-corrected chi connectivity index (χ2v) is 5.60. The van der Waals surface area contributed by atoms with Gasteiger partial charge in [-0.3, -0.25) is 4.79 Å². The van der Waals surface area contributed by atoms with Crippen molar-refractivity contribution in [1.82, 2.24) is 0 Å². The van der Waals surface area contributed by atoms with Crippen molar-refractivity contribution in [3.8, 4) is 11.5 Å². The predicted octanol–water partition coefficient (Wildman–Crippen LogP) is 3.23. The summed E-state index contributed by atoms with van der Waals surface area (Å²) < 4.78 is 21.0. The third-order valence-corrected chi connectivity index (χ3v) is 3.18. The smallest absolute Gasteiger partial charge is 0.338 e. The SMILES string of the molecule is C=C(C)C(=O)Oc1ccc(C(=O)C(OCC)OCC)c(OC(=O)C(=C)C)c1. The number of hydrogen-bond acceptors (Lipinski definition) is 7. The minimum atomic E-state index is -1.15. The molecule has 0 amide bonds. The first-order valence-electron chi connectivity index (χ1n) is 8.38. The van der Waals surface area contributed by atoms with Gasteiger partial charge in [-0.25, -0.2) is 9.59 Å². The average Bonchev–Trinajstić information content (AvgIpc) is 2.61. The molecule has 7 heteroatoms. The van der Waals surface area contributed by atoms with Gasteiger partial charge in [0.05, 0.1) is 5.56 Å². The van der Waals surface area contributed by atoms with Gasteiger partial charge in [0.25, 0.3) is 0 Å². The Morgan fingerprint density at radius 2 is 1.44 bits per heavy atom. The summed E-state index contributed by atoms with van der Waals surface area (Å²) in [7, 11) is 0. The number of ketones is 1. The van der Waals surface area contributed by atoms with Gasteiger partial charge in [-0.2, -0.15) is 0 Å². The van der Waals surface area contributed by atoms with Crippen LogP contribution in [0.5, 0.6) is 11.5 Å². The van der Waals surface area contributed by atoms with Gasteiger partial charge in [0.1, 0.15) is 11.5 Å². The Morgan fingerprint density at radius 3 is 1.93 bits per heavy atom. The van der Waals surface area contributed by atoms with Crippen LogP contribution >= 0.6 is 0 Å². The molecular formula is C20H24O7. The highest BCUT2D eigenvalue weighted by atomic mass is 16.7.